The minimum Gasteiger partial charge on any atom is -0.510 e. The molecule has 0 atom stereocenters. The van der Waals surface area contributed by atoms with Crippen LogP contribution in [0.5, 0.6) is 0 Å². The molecule has 126 valence electrons. The summed E-state index contributed by atoms with van der Waals surface area (Å²) in [6.07, 6.45) is 0. The molecule has 0 spiro atoms. The van der Waals surface area contributed by atoms with Gasteiger partial charge in [-0.2, -0.15) is 0 Å². The van der Waals surface area contributed by atoms with Crippen molar-refractivity contribution in [1.29, 1.82) is 5.41 Å². The molecule has 2 aromatic rings. The molecule has 24 heavy (non-hydrogen) atoms. The summed E-state index contributed by atoms with van der Waals surface area (Å²) in [7, 11) is -3.76. The molecular formula is C15H16N4O3S2. The Kier molecular flexibility index (Phi) is 3.94. The van der Waals surface area contributed by atoms with Crippen molar-refractivity contribution >= 4 is 38.5 Å². The summed E-state index contributed by atoms with van der Waals surface area (Å²) in [5.74, 6) is 0.203. The number of anilines is 1. The molecule has 1 aliphatic rings. The standard InChI is InChI=1S/C15H16N4O3S2/c1-8-9(2)23-15(18-8)13-12(20)7-19(14(13)16)10-3-5-11(6-4-10)24(17,21)22/h3-6,16,20H,7H2,1-2H3,(H2,17,21,22). The zero-order chi connectivity index (χ0) is 17.6. The van der Waals surface area contributed by atoms with Crippen LogP contribution < -0.4 is 10.0 Å². The number of aliphatic hydroxyl groups is 1. The van der Waals surface area contributed by atoms with Gasteiger partial charge in [0.05, 0.1) is 22.7 Å². The fourth-order valence-electron chi connectivity index (χ4n) is 2.42. The molecule has 0 fully saturated rings. The molecule has 0 saturated carbocycles. The summed E-state index contributed by atoms with van der Waals surface area (Å²) >= 11 is 1.43. The van der Waals surface area contributed by atoms with Gasteiger partial charge in [-0.25, -0.2) is 18.5 Å². The third-order valence-corrected chi connectivity index (χ3v) is 5.84. The number of amidine groups is 1. The minimum absolute atomic E-state index is 0.000514. The average molecular weight is 364 g/mol. The first-order valence-electron chi connectivity index (χ1n) is 7.04. The number of nitrogens with one attached hydrogen (secondary N) is 1. The SMILES string of the molecule is Cc1nc(C2=C(O)CN(c3ccc(S(N)(=O)=O)cc3)C2=N)sc1C. The van der Waals surface area contributed by atoms with Crippen molar-refractivity contribution in [3.8, 4) is 0 Å². The molecule has 2 heterocycles. The fraction of sp³-hybridized carbons (Fsp3) is 0.200. The first-order chi connectivity index (χ1) is 11.2. The summed E-state index contributed by atoms with van der Waals surface area (Å²) in [5, 5.41) is 24.3. The zero-order valence-electron chi connectivity index (χ0n) is 13.1. The van der Waals surface area contributed by atoms with E-state index in [0.717, 1.165) is 10.6 Å². The molecule has 0 unspecified atom stereocenters. The highest BCUT2D eigenvalue weighted by molar-refractivity contribution is 7.89. The number of thiazole rings is 1. The maximum atomic E-state index is 11.3. The van der Waals surface area contributed by atoms with Gasteiger partial charge in [-0.15, -0.1) is 11.3 Å². The van der Waals surface area contributed by atoms with Crippen LogP contribution in [-0.2, 0) is 10.0 Å². The summed E-state index contributed by atoms with van der Waals surface area (Å²) in [5.41, 5.74) is 1.88. The number of aromatic nitrogens is 1. The normalized spacial score (nSPS) is 15.5. The Hall–Kier alpha value is -2.23. The molecule has 0 aliphatic carbocycles. The summed E-state index contributed by atoms with van der Waals surface area (Å²) in [4.78, 5) is 7.03. The van der Waals surface area contributed by atoms with Gasteiger partial charge in [0.1, 0.15) is 16.6 Å². The summed E-state index contributed by atoms with van der Waals surface area (Å²) < 4.78 is 22.6. The highest BCUT2D eigenvalue weighted by atomic mass is 32.2. The topological polar surface area (TPSA) is 120 Å². The maximum absolute atomic E-state index is 11.3. The number of rotatable bonds is 3. The number of nitrogens with zero attached hydrogens (tertiary/aromatic N) is 2. The molecular weight excluding hydrogens is 348 g/mol. The number of sulfonamides is 1. The quantitative estimate of drug-likeness (QED) is 0.771. The van der Waals surface area contributed by atoms with Crippen molar-refractivity contribution < 1.29 is 13.5 Å². The largest absolute Gasteiger partial charge is 0.510 e. The van der Waals surface area contributed by atoms with E-state index in [0.29, 0.717) is 16.3 Å². The monoisotopic (exact) mass is 364 g/mol. The van der Waals surface area contributed by atoms with Crippen LogP contribution in [0.25, 0.3) is 5.57 Å². The number of hydrogen-bond acceptors (Lipinski definition) is 6. The van der Waals surface area contributed by atoms with Gasteiger partial charge in [-0.3, -0.25) is 5.41 Å². The molecule has 0 amide bonds. The van der Waals surface area contributed by atoms with Crippen LogP contribution in [0.3, 0.4) is 0 Å². The summed E-state index contributed by atoms with van der Waals surface area (Å²) in [6.45, 7) is 3.96. The lowest BCUT2D eigenvalue weighted by Crippen LogP contribution is -2.26. The van der Waals surface area contributed by atoms with Crippen molar-refractivity contribution in [3.63, 3.8) is 0 Å². The van der Waals surface area contributed by atoms with Gasteiger partial charge in [-0.05, 0) is 38.1 Å². The molecule has 0 saturated heterocycles. The zero-order valence-corrected chi connectivity index (χ0v) is 14.7. The molecule has 9 heteroatoms. The number of hydrogen-bond donors (Lipinski definition) is 3. The second-order valence-electron chi connectivity index (χ2n) is 5.46. The lowest BCUT2D eigenvalue weighted by atomic mass is 10.2. The van der Waals surface area contributed by atoms with Crippen molar-refractivity contribution in [3.05, 3.63) is 45.6 Å². The maximum Gasteiger partial charge on any atom is 0.238 e. The first kappa shape index (κ1) is 16.6. The van der Waals surface area contributed by atoms with E-state index in [2.05, 4.69) is 4.98 Å². The van der Waals surface area contributed by atoms with E-state index in [1.807, 2.05) is 13.8 Å². The van der Waals surface area contributed by atoms with Gasteiger partial charge in [0.2, 0.25) is 10.0 Å². The second kappa shape index (κ2) is 5.69. The second-order valence-corrected chi connectivity index (χ2v) is 8.22. The molecule has 1 aromatic heterocycles. The molecule has 4 N–H and O–H groups in total. The van der Waals surface area contributed by atoms with Crippen LogP contribution in [0.1, 0.15) is 15.6 Å². The lowest BCUT2D eigenvalue weighted by Gasteiger charge is -2.18. The Balaban J connectivity index is 1.92. The molecule has 0 radical (unpaired) electrons. The Labute approximate surface area is 143 Å². The van der Waals surface area contributed by atoms with Crippen LogP contribution in [0.4, 0.5) is 5.69 Å². The average Bonchev–Trinajstić information content (AvgIpc) is 2.98. The van der Waals surface area contributed by atoms with Gasteiger partial charge in [0.15, 0.2) is 0 Å². The van der Waals surface area contributed by atoms with Gasteiger partial charge in [0.25, 0.3) is 0 Å². The van der Waals surface area contributed by atoms with Crippen LogP contribution in [0, 0.1) is 19.3 Å². The van der Waals surface area contributed by atoms with E-state index in [9.17, 15) is 13.5 Å². The van der Waals surface area contributed by atoms with Gasteiger partial charge < -0.3 is 10.0 Å². The van der Waals surface area contributed by atoms with E-state index >= 15 is 0 Å². The van der Waals surface area contributed by atoms with Crippen LogP contribution in [-0.4, -0.2) is 30.9 Å². The fourth-order valence-corrected chi connectivity index (χ4v) is 3.92. The van der Waals surface area contributed by atoms with E-state index in [4.69, 9.17) is 10.5 Å². The third-order valence-electron chi connectivity index (χ3n) is 3.82. The minimum atomic E-state index is -3.76. The number of nitrogens with two attached hydrogens (primary N) is 1. The summed E-state index contributed by atoms with van der Waals surface area (Å²) in [6, 6.07) is 5.88. The van der Waals surface area contributed by atoms with E-state index in [1.165, 1.54) is 23.5 Å². The third kappa shape index (κ3) is 2.81. The van der Waals surface area contributed by atoms with Gasteiger partial charge in [0, 0.05) is 10.6 Å². The van der Waals surface area contributed by atoms with E-state index < -0.39 is 10.0 Å². The Morgan fingerprint density at radius 1 is 1.29 bits per heavy atom. The van der Waals surface area contributed by atoms with Crippen molar-refractivity contribution in [2.45, 2.75) is 18.7 Å². The Bertz CT molecular complexity index is 940. The highest BCUT2D eigenvalue weighted by Gasteiger charge is 2.31. The molecule has 7 nitrogen and oxygen atoms in total. The Morgan fingerprint density at radius 2 is 1.92 bits per heavy atom. The molecule has 3 rings (SSSR count). The van der Waals surface area contributed by atoms with Crippen molar-refractivity contribution in [1.82, 2.24) is 4.98 Å². The first-order valence-corrected chi connectivity index (χ1v) is 9.40. The van der Waals surface area contributed by atoms with Gasteiger partial charge >= 0.3 is 0 Å². The predicted molar refractivity (Wildman–Crippen MR) is 94.0 cm³/mol. The van der Waals surface area contributed by atoms with Crippen molar-refractivity contribution in [2.75, 3.05) is 11.4 Å². The van der Waals surface area contributed by atoms with Crippen molar-refractivity contribution in [2.24, 2.45) is 5.14 Å². The number of aryl methyl sites for hydroxylation is 2. The Morgan fingerprint density at radius 3 is 2.42 bits per heavy atom. The van der Waals surface area contributed by atoms with Crippen LogP contribution >= 0.6 is 11.3 Å². The molecule has 1 aromatic carbocycles. The smallest absolute Gasteiger partial charge is 0.238 e. The van der Waals surface area contributed by atoms with Crippen LogP contribution in [0.15, 0.2) is 34.9 Å². The predicted octanol–water partition coefficient (Wildman–Crippen LogP) is 2.17. The lowest BCUT2D eigenvalue weighted by molar-refractivity contribution is 0.411. The van der Waals surface area contributed by atoms with Crippen LogP contribution in [0.2, 0.25) is 0 Å². The van der Waals surface area contributed by atoms with E-state index in [1.54, 1.807) is 17.0 Å². The molecule has 0 bridgehead atoms. The highest BCUT2D eigenvalue weighted by Crippen LogP contribution is 2.34. The number of benzene rings is 1. The molecule has 1 aliphatic heterocycles. The number of primary sulfonamides is 1. The van der Waals surface area contributed by atoms with Gasteiger partial charge in [-0.1, -0.05) is 0 Å². The van der Waals surface area contributed by atoms with E-state index in [-0.39, 0.29) is 23.0 Å². The number of aliphatic hydroxyl groups excluding tert-OH is 1.